The summed E-state index contributed by atoms with van der Waals surface area (Å²) in [5.74, 6) is 0.992. The van der Waals surface area contributed by atoms with Crippen molar-refractivity contribution >= 4 is 17.4 Å². The first-order valence-corrected chi connectivity index (χ1v) is 5.62. The lowest BCUT2D eigenvalue weighted by Gasteiger charge is -2.02. The lowest BCUT2D eigenvalue weighted by atomic mass is 10.1. The fourth-order valence-electron chi connectivity index (χ4n) is 1.28. The highest BCUT2D eigenvalue weighted by Crippen LogP contribution is 2.30. The zero-order valence-electron chi connectivity index (χ0n) is 8.82. The van der Waals surface area contributed by atoms with Crippen molar-refractivity contribution in [2.24, 2.45) is 7.05 Å². The summed E-state index contributed by atoms with van der Waals surface area (Å²) in [6.45, 7) is 4.30. The summed E-state index contributed by atoms with van der Waals surface area (Å²) < 4.78 is 1.78. The Morgan fingerprint density at radius 3 is 2.64 bits per heavy atom. The second-order valence-electron chi connectivity index (χ2n) is 3.45. The minimum atomic E-state index is 0.159. The predicted molar refractivity (Wildman–Crippen MR) is 59.5 cm³/mol. The number of aliphatic hydroxyl groups excluding tert-OH is 1. The van der Waals surface area contributed by atoms with Gasteiger partial charge in [0.1, 0.15) is 5.03 Å². The van der Waals surface area contributed by atoms with Gasteiger partial charge in [0.25, 0.3) is 0 Å². The number of aromatic nitrogens is 2. The maximum atomic E-state index is 8.73. The van der Waals surface area contributed by atoms with Gasteiger partial charge < -0.3 is 10.8 Å². The van der Waals surface area contributed by atoms with Crippen molar-refractivity contribution in [2.45, 2.75) is 24.8 Å². The van der Waals surface area contributed by atoms with Gasteiger partial charge in [0.2, 0.25) is 0 Å². The van der Waals surface area contributed by atoms with Crippen LogP contribution in [0.5, 0.6) is 0 Å². The van der Waals surface area contributed by atoms with E-state index in [4.69, 9.17) is 10.8 Å². The van der Waals surface area contributed by atoms with E-state index in [2.05, 4.69) is 18.9 Å². The van der Waals surface area contributed by atoms with Gasteiger partial charge in [-0.1, -0.05) is 13.8 Å². The third-order valence-electron chi connectivity index (χ3n) is 1.93. The van der Waals surface area contributed by atoms with Crippen molar-refractivity contribution in [3.05, 3.63) is 5.69 Å². The van der Waals surface area contributed by atoms with Crippen molar-refractivity contribution < 1.29 is 5.11 Å². The number of aliphatic hydroxyl groups is 1. The number of nitrogens with zero attached hydrogens (tertiary/aromatic N) is 2. The lowest BCUT2D eigenvalue weighted by Crippen LogP contribution is -1.96. The van der Waals surface area contributed by atoms with E-state index in [1.165, 1.54) is 11.8 Å². The molecule has 1 rings (SSSR count). The molecule has 0 aliphatic rings. The summed E-state index contributed by atoms with van der Waals surface area (Å²) >= 11 is 1.54. The molecule has 4 nitrogen and oxygen atoms in total. The van der Waals surface area contributed by atoms with Gasteiger partial charge in [-0.25, -0.2) is 0 Å². The van der Waals surface area contributed by atoms with Gasteiger partial charge in [0.05, 0.1) is 18.0 Å². The third kappa shape index (κ3) is 2.22. The SMILES string of the molecule is CC(C)c1nn(C)c(SCCO)c1N. The summed E-state index contributed by atoms with van der Waals surface area (Å²) in [6, 6.07) is 0. The minimum Gasteiger partial charge on any atom is -0.396 e. The van der Waals surface area contributed by atoms with E-state index in [1.54, 1.807) is 4.68 Å². The van der Waals surface area contributed by atoms with E-state index in [0.717, 1.165) is 16.4 Å². The number of anilines is 1. The van der Waals surface area contributed by atoms with Gasteiger partial charge in [0, 0.05) is 12.8 Å². The highest BCUT2D eigenvalue weighted by Gasteiger charge is 2.15. The van der Waals surface area contributed by atoms with Crippen molar-refractivity contribution in [1.82, 2.24) is 9.78 Å². The van der Waals surface area contributed by atoms with E-state index in [-0.39, 0.29) is 6.61 Å². The quantitative estimate of drug-likeness (QED) is 0.741. The standard InChI is InChI=1S/C9H17N3OS/c1-6(2)8-7(10)9(12(3)11-8)14-5-4-13/h6,13H,4-5,10H2,1-3H3. The smallest absolute Gasteiger partial charge is 0.117 e. The number of rotatable bonds is 4. The van der Waals surface area contributed by atoms with E-state index < -0.39 is 0 Å². The molecule has 0 bridgehead atoms. The van der Waals surface area contributed by atoms with Gasteiger partial charge in [-0.05, 0) is 5.92 Å². The van der Waals surface area contributed by atoms with E-state index >= 15 is 0 Å². The van der Waals surface area contributed by atoms with Crippen LogP contribution in [0.25, 0.3) is 0 Å². The van der Waals surface area contributed by atoms with E-state index in [1.807, 2.05) is 7.05 Å². The largest absolute Gasteiger partial charge is 0.396 e. The molecule has 1 aromatic rings. The predicted octanol–water partition coefficient (Wildman–Crippen LogP) is 1.21. The van der Waals surface area contributed by atoms with Crippen LogP contribution in [0.15, 0.2) is 5.03 Å². The molecule has 5 heteroatoms. The minimum absolute atomic E-state index is 0.159. The maximum Gasteiger partial charge on any atom is 0.117 e. The first kappa shape index (κ1) is 11.4. The van der Waals surface area contributed by atoms with Crippen LogP contribution < -0.4 is 5.73 Å². The fourth-order valence-corrected chi connectivity index (χ4v) is 2.06. The fraction of sp³-hybridized carbons (Fsp3) is 0.667. The molecule has 14 heavy (non-hydrogen) atoms. The molecule has 0 atom stereocenters. The van der Waals surface area contributed by atoms with Gasteiger partial charge >= 0.3 is 0 Å². The van der Waals surface area contributed by atoms with Crippen molar-refractivity contribution in [3.63, 3.8) is 0 Å². The highest BCUT2D eigenvalue weighted by molar-refractivity contribution is 7.99. The normalized spacial score (nSPS) is 11.2. The Morgan fingerprint density at radius 2 is 2.21 bits per heavy atom. The van der Waals surface area contributed by atoms with Crippen LogP contribution in [0, 0.1) is 0 Å². The van der Waals surface area contributed by atoms with Crippen molar-refractivity contribution in [3.8, 4) is 0 Å². The molecular formula is C9H17N3OS. The molecule has 1 aromatic heterocycles. The van der Waals surface area contributed by atoms with E-state index in [0.29, 0.717) is 11.7 Å². The second kappa shape index (κ2) is 4.70. The Hall–Kier alpha value is -0.680. The first-order valence-electron chi connectivity index (χ1n) is 4.64. The Kier molecular flexibility index (Phi) is 3.83. The Bertz CT molecular complexity index is 309. The van der Waals surface area contributed by atoms with Crippen LogP contribution in [-0.2, 0) is 7.05 Å². The van der Waals surface area contributed by atoms with E-state index in [9.17, 15) is 0 Å². The zero-order chi connectivity index (χ0) is 10.7. The Labute approximate surface area is 88.5 Å². The number of thioether (sulfide) groups is 1. The Morgan fingerprint density at radius 1 is 1.57 bits per heavy atom. The van der Waals surface area contributed by atoms with Crippen LogP contribution in [0.2, 0.25) is 0 Å². The van der Waals surface area contributed by atoms with Crippen LogP contribution in [0.3, 0.4) is 0 Å². The van der Waals surface area contributed by atoms with Gasteiger partial charge in [-0.15, -0.1) is 11.8 Å². The Balaban J connectivity index is 2.93. The molecule has 1 heterocycles. The van der Waals surface area contributed by atoms with Crippen molar-refractivity contribution in [1.29, 1.82) is 0 Å². The number of aryl methyl sites for hydroxylation is 1. The van der Waals surface area contributed by atoms with Gasteiger partial charge in [0.15, 0.2) is 0 Å². The number of hydrogen-bond donors (Lipinski definition) is 2. The van der Waals surface area contributed by atoms with Gasteiger partial charge in [-0.3, -0.25) is 4.68 Å². The van der Waals surface area contributed by atoms with Crippen molar-refractivity contribution in [2.75, 3.05) is 18.1 Å². The van der Waals surface area contributed by atoms with Crippen LogP contribution in [0.4, 0.5) is 5.69 Å². The highest BCUT2D eigenvalue weighted by atomic mass is 32.2. The molecule has 0 saturated carbocycles. The maximum absolute atomic E-state index is 8.73. The molecule has 0 amide bonds. The molecule has 0 aliphatic heterocycles. The van der Waals surface area contributed by atoms with Crippen LogP contribution in [0.1, 0.15) is 25.5 Å². The molecule has 0 fully saturated rings. The molecule has 0 saturated heterocycles. The molecule has 80 valence electrons. The molecule has 0 radical (unpaired) electrons. The summed E-state index contributed by atoms with van der Waals surface area (Å²) in [7, 11) is 1.88. The molecule has 3 N–H and O–H groups in total. The number of hydrogen-bond acceptors (Lipinski definition) is 4. The molecular weight excluding hydrogens is 198 g/mol. The lowest BCUT2D eigenvalue weighted by molar-refractivity contribution is 0.322. The van der Waals surface area contributed by atoms with Crippen LogP contribution >= 0.6 is 11.8 Å². The second-order valence-corrected chi connectivity index (χ2v) is 4.54. The van der Waals surface area contributed by atoms with Gasteiger partial charge in [-0.2, -0.15) is 5.10 Å². The summed E-state index contributed by atoms with van der Waals surface area (Å²) in [5.41, 5.74) is 7.65. The third-order valence-corrected chi connectivity index (χ3v) is 3.08. The number of nitrogens with two attached hydrogens (primary N) is 1. The average molecular weight is 215 g/mol. The summed E-state index contributed by atoms with van der Waals surface area (Å²) in [6.07, 6.45) is 0. The molecule has 0 aliphatic carbocycles. The first-order chi connectivity index (χ1) is 6.57. The van der Waals surface area contributed by atoms with Crippen LogP contribution in [-0.4, -0.2) is 27.2 Å². The topological polar surface area (TPSA) is 64.1 Å². The summed E-state index contributed by atoms with van der Waals surface area (Å²) in [5, 5.41) is 14.0. The number of nitrogen functional groups attached to an aromatic ring is 1. The molecule has 0 unspecified atom stereocenters. The summed E-state index contributed by atoms with van der Waals surface area (Å²) in [4.78, 5) is 0. The molecule has 0 spiro atoms. The zero-order valence-corrected chi connectivity index (χ0v) is 9.64. The monoisotopic (exact) mass is 215 g/mol. The average Bonchev–Trinajstić information content (AvgIpc) is 2.40. The molecule has 0 aromatic carbocycles.